The molecule has 0 aliphatic carbocycles. The molecule has 7 nitrogen and oxygen atoms in total. The van der Waals surface area contributed by atoms with Gasteiger partial charge >= 0.3 is 0 Å². The molecule has 1 heterocycles. The molecule has 0 saturated carbocycles. The number of carbonyl (C=O) groups is 1. The molecule has 0 bridgehead atoms. The lowest BCUT2D eigenvalue weighted by atomic mass is 10.2. The van der Waals surface area contributed by atoms with Crippen LogP contribution in [0.3, 0.4) is 0 Å². The minimum atomic E-state index is -4.03. The van der Waals surface area contributed by atoms with E-state index in [1.165, 1.54) is 29.7 Å². The number of para-hydroxylation sites is 2. The number of hydrogen-bond donors (Lipinski definition) is 1. The topological polar surface area (TPSA) is 88.1 Å². The summed E-state index contributed by atoms with van der Waals surface area (Å²) in [6.45, 7) is 3.58. The second-order valence-electron chi connectivity index (χ2n) is 6.53. The van der Waals surface area contributed by atoms with Crippen LogP contribution in [-0.2, 0) is 14.8 Å². The third-order valence-electron chi connectivity index (χ3n) is 4.25. The van der Waals surface area contributed by atoms with Crippen molar-refractivity contribution in [2.45, 2.75) is 18.7 Å². The molecule has 1 amide bonds. The van der Waals surface area contributed by atoms with Crippen molar-refractivity contribution in [1.82, 2.24) is 5.43 Å². The average Bonchev–Trinajstić information content (AvgIpc) is 3.27. The molecule has 0 unspecified atom stereocenters. The van der Waals surface area contributed by atoms with E-state index in [2.05, 4.69) is 10.5 Å². The number of amides is 1. The minimum absolute atomic E-state index is 0.0827. The minimum Gasteiger partial charge on any atom is -0.492 e. The van der Waals surface area contributed by atoms with Crippen LogP contribution in [0.2, 0.25) is 0 Å². The summed E-state index contributed by atoms with van der Waals surface area (Å²) in [6.07, 6.45) is 1.51. The number of anilines is 1. The number of benzene rings is 2. The number of nitrogens with zero attached hydrogens (tertiary/aromatic N) is 2. The molecule has 0 saturated heterocycles. The number of hydrogen-bond acceptors (Lipinski definition) is 6. The van der Waals surface area contributed by atoms with E-state index in [-0.39, 0.29) is 10.6 Å². The predicted molar refractivity (Wildman–Crippen MR) is 123 cm³/mol. The zero-order valence-electron chi connectivity index (χ0n) is 17.2. The highest BCUT2D eigenvalue weighted by Crippen LogP contribution is 2.32. The van der Waals surface area contributed by atoms with Crippen molar-refractivity contribution >= 4 is 39.2 Å². The number of aryl methyl sites for hydroxylation is 1. The lowest BCUT2D eigenvalue weighted by Gasteiger charge is -2.25. The fourth-order valence-corrected chi connectivity index (χ4v) is 4.79. The number of rotatable bonds is 9. The van der Waals surface area contributed by atoms with Crippen molar-refractivity contribution < 1.29 is 17.9 Å². The normalized spacial score (nSPS) is 11.4. The first-order valence-corrected chi connectivity index (χ1v) is 11.9. The van der Waals surface area contributed by atoms with Gasteiger partial charge in [0.2, 0.25) is 0 Å². The molecule has 1 N–H and O–H groups in total. The highest BCUT2D eigenvalue weighted by Gasteiger charge is 2.29. The van der Waals surface area contributed by atoms with Crippen LogP contribution in [0.15, 0.2) is 76.0 Å². The van der Waals surface area contributed by atoms with Gasteiger partial charge in [-0.15, -0.1) is 11.3 Å². The number of carbonyl (C=O) groups excluding carboxylic acids is 1. The SMILES string of the molecule is CCOc1ccccc1N(CC(=O)N/N=C/c1cccs1)S(=O)(=O)c1ccc(C)cc1. The second kappa shape index (κ2) is 10.2. The molecule has 0 fully saturated rings. The molecule has 0 spiro atoms. The first-order chi connectivity index (χ1) is 14.9. The monoisotopic (exact) mass is 457 g/mol. The lowest BCUT2D eigenvalue weighted by molar-refractivity contribution is -0.119. The van der Waals surface area contributed by atoms with Gasteiger partial charge in [-0.05, 0) is 49.6 Å². The van der Waals surface area contributed by atoms with Gasteiger partial charge in [-0.3, -0.25) is 9.10 Å². The van der Waals surface area contributed by atoms with Crippen molar-refractivity contribution in [3.8, 4) is 5.75 Å². The standard InChI is InChI=1S/C22H23N3O4S2/c1-3-29-21-9-5-4-8-20(21)25(31(27,28)19-12-10-17(2)11-13-19)16-22(26)24-23-15-18-7-6-14-30-18/h4-15H,3,16H2,1-2H3,(H,24,26)/b23-15+. The van der Waals surface area contributed by atoms with Crippen molar-refractivity contribution in [1.29, 1.82) is 0 Å². The number of sulfonamides is 1. The zero-order chi connectivity index (χ0) is 22.3. The van der Waals surface area contributed by atoms with Gasteiger partial charge in [0, 0.05) is 4.88 Å². The van der Waals surface area contributed by atoms with Crippen LogP contribution in [0.25, 0.3) is 0 Å². The molecule has 0 aliphatic rings. The third kappa shape index (κ3) is 5.71. The van der Waals surface area contributed by atoms with Crippen LogP contribution in [0, 0.1) is 6.92 Å². The summed E-state index contributed by atoms with van der Waals surface area (Å²) < 4.78 is 33.6. The summed E-state index contributed by atoms with van der Waals surface area (Å²) in [6, 6.07) is 16.9. The van der Waals surface area contributed by atoms with Crippen molar-refractivity contribution in [2.75, 3.05) is 17.5 Å². The third-order valence-corrected chi connectivity index (χ3v) is 6.84. The molecule has 3 aromatic rings. The van der Waals surface area contributed by atoms with E-state index < -0.39 is 22.5 Å². The maximum absolute atomic E-state index is 13.5. The van der Waals surface area contributed by atoms with Gasteiger partial charge in [0.1, 0.15) is 12.3 Å². The molecular weight excluding hydrogens is 434 g/mol. The molecule has 31 heavy (non-hydrogen) atoms. The molecular formula is C22H23N3O4S2. The Balaban J connectivity index is 1.92. The lowest BCUT2D eigenvalue weighted by Crippen LogP contribution is -2.39. The van der Waals surface area contributed by atoms with Gasteiger partial charge in [-0.1, -0.05) is 35.9 Å². The Morgan fingerprint density at radius 1 is 1.13 bits per heavy atom. The van der Waals surface area contributed by atoms with Crippen LogP contribution >= 0.6 is 11.3 Å². The summed E-state index contributed by atoms with van der Waals surface area (Å²) in [5.74, 6) is -0.203. The van der Waals surface area contributed by atoms with E-state index in [0.29, 0.717) is 12.4 Å². The van der Waals surface area contributed by atoms with E-state index in [1.807, 2.05) is 31.4 Å². The van der Waals surface area contributed by atoms with Crippen LogP contribution in [0.4, 0.5) is 5.69 Å². The summed E-state index contributed by atoms with van der Waals surface area (Å²) in [4.78, 5) is 13.5. The van der Waals surface area contributed by atoms with Crippen molar-refractivity contribution in [2.24, 2.45) is 5.10 Å². The fourth-order valence-electron chi connectivity index (χ4n) is 2.78. The van der Waals surface area contributed by atoms with Gasteiger partial charge in [0.05, 0.1) is 23.4 Å². The Hall–Kier alpha value is -3.17. The van der Waals surface area contributed by atoms with Gasteiger partial charge < -0.3 is 4.74 Å². The van der Waals surface area contributed by atoms with Crippen LogP contribution in [-0.4, -0.2) is 33.7 Å². The van der Waals surface area contributed by atoms with Crippen LogP contribution < -0.4 is 14.5 Å². The smallest absolute Gasteiger partial charge is 0.264 e. The second-order valence-corrected chi connectivity index (χ2v) is 9.38. The predicted octanol–water partition coefficient (Wildman–Crippen LogP) is 3.80. The Morgan fingerprint density at radius 3 is 2.55 bits per heavy atom. The Bertz CT molecular complexity index is 1140. The van der Waals surface area contributed by atoms with Crippen LogP contribution in [0.5, 0.6) is 5.75 Å². The molecule has 2 aromatic carbocycles. The molecule has 9 heteroatoms. The Labute approximate surface area is 186 Å². The van der Waals surface area contributed by atoms with E-state index in [4.69, 9.17) is 4.74 Å². The van der Waals surface area contributed by atoms with Gasteiger partial charge in [0.15, 0.2) is 0 Å². The highest BCUT2D eigenvalue weighted by atomic mass is 32.2. The fraction of sp³-hybridized carbons (Fsp3) is 0.182. The average molecular weight is 458 g/mol. The first kappa shape index (κ1) is 22.5. The molecule has 0 atom stereocenters. The maximum atomic E-state index is 13.5. The number of nitrogens with one attached hydrogen (secondary N) is 1. The molecule has 162 valence electrons. The van der Waals surface area contributed by atoms with E-state index in [1.54, 1.807) is 36.4 Å². The number of thiophene rings is 1. The molecule has 3 rings (SSSR count). The van der Waals surface area contributed by atoms with Gasteiger partial charge in [-0.2, -0.15) is 5.10 Å². The van der Waals surface area contributed by atoms with Gasteiger partial charge in [0.25, 0.3) is 15.9 Å². The van der Waals surface area contributed by atoms with E-state index in [0.717, 1.165) is 14.7 Å². The van der Waals surface area contributed by atoms with Gasteiger partial charge in [-0.25, -0.2) is 13.8 Å². The van der Waals surface area contributed by atoms with Crippen molar-refractivity contribution in [3.63, 3.8) is 0 Å². The van der Waals surface area contributed by atoms with Crippen LogP contribution in [0.1, 0.15) is 17.4 Å². The number of hydrazone groups is 1. The summed E-state index contributed by atoms with van der Waals surface area (Å²) >= 11 is 1.47. The van der Waals surface area contributed by atoms with E-state index in [9.17, 15) is 13.2 Å². The molecule has 0 radical (unpaired) electrons. The highest BCUT2D eigenvalue weighted by molar-refractivity contribution is 7.92. The zero-order valence-corrected chi connectivity index (χ0v) is 18.8. The molecule has 1 aromatic heterocycles. The summed E-state index contributed by atoms with van der Waals surface area (Å²) in [7, 11) is -4.03. The number of ether oxygens (including phenoxy) is 1. The van der Waals surface area contributed by atoms with Crippen molar-refractivity contribution in [3.05, 3.63) is 76.5 Å². The quantitative estimate of drug-likeness (QED) is 0.391. The van der Waals surface area contributed by atoms with E-state index >= 15 is 0 Å². The molecule has 0 aliphatic heterocycles. The summed E-state index contributed by atoms with van der Waals surface area (Å²) in [5, 5.41) is 5.81. The maximum Gasteiger partial charge on any atom is 0.264 e. The summed E-state index contributed by atoms with van der Waals surface area (Å²) in [5.41, 5.74) is 3.61. The Morgan fingerprint density at radius 2 is 1.87 bits per heavy atom. The largest absolute Gasteiger partial charge is 0.492 e. The Kier molecular flexibility index (Phi) is 7.43. The first-order valence-electron chi connectivity index (χ1n) is 9.58.